The quantitative estimate of drug-likeness (QED) is 0.886. The lowest BCUT2D eigenvalue weighted by Gasteiger charge is -2.17. The second kappa shape index (κ2) is 6.68. The van der Waals surface area contributed by atoms with Gasteiger partial charge in [0.25, 0.3) is 10.0 Å². The number of rotatable bonds is 4. The first-order chi connectivity index (χ1) is 12.5. The molecule has 7 nitrogen and oxygen atoms in total. The number of nitrogens with one attached hydrogen (secondary N) is 1. The standard InChI is InChI=1S/C18H20N4O3S/c23-16-5-3-4-13-10-14(6-7-15(13)16)26(24,25)21-17-11-19-12-18(20-17)22-8-1-2-9-22/h6-7,10-12H,1-5,8-9H2,(H,20,21). The maximum Gasteiger partial charge on any atom is 0.263 e. The summed E-state index contributed by atoms with van der Waals surface area (Å²) in [6.07, 6.45) is 7.25. The van der Waals surface area contributed by atoms with E-state index >= 15 is 0 Å². The van der Waals surface area contributed by atoms with Crippen LogP contribution in [0.25, 0.3) is 0 Å². The molecule has 0 saturated carbocycles. The average molecular weight is 372 g/mol. The molecule has 1 aromatic heterocycles. The van der Waals surface area contributed by atoms with Crippen LogP contribution >= 0.6 is 0 Å². The zero-order valence-electron chi connectivity index (χ0n) is 14.3. The number of hydrogen-bond acceptors (Lipinski definition) is 6. The Balaban J connectivity index is 1.59. The highest BCUT2D eigenvalue weighted by atomic mass is 32.2. The fraction of sp³-hybridized carbons (Fsp3) is 0.389. The van der Waals surface area contributed by atoms with Crippen molar-refractivity contribution in [2.75, 3.05) is 22.7 Å². The molecule has 2 aliphatic rings. The van der Waals surface area contributed by atoms with Crippen molar-refractivity contribution in [3.05, 3.63) is 41.7 Å². The first kappa shape index (κ1) is 17.0. The predicted molar refractivity (Wildman–Crippen MR) is 98.0 cm³/mol. The molecule has 0 atom stereocenters. The normalized spacial score (nSPS) is 17.2. The number of carbonyl (C=O) groups is 1. The van der Waals surface area contributed by atoms with Gasteiger partial charge in [-0.3, -0.25) is 14.5 Å². The van der Waals surface area contributed by atoms with Gasteiger partial charge in [0.1, 0.15) is 5.82 Å². The van der Waals surface area contributed by atoms with Crippen LogP contribution < -0.4 is 9.62 Å². The van der Waals surface area contributed by atoms with Gasteiger partial charge >= 0.3 is 0 Å². The highest BCUT2D eigenvalue weighted by Crippen LogP contribution is 2.25. The third kappa shape index (κ3) is 3.29. The molecule has 2 aromatic rings. The lowest BCUT2D eigenvalue weighted by molar-refractivity contribution is 0.0972. The molecule has 1 aliphatic heterocycles. The number of benzene rings is 1. The van der Waals surface area contributed by atoms with Gasteiger partial charge in [0.15, 0.2) is 11.6 Å². The van der Waals surface area contributed by atoms with E-state index in [1.807, 2.05) is 0 Å². The number of ketones is 1. The van der Waals surface area contributed by atoms with Crippen LogP contribution in [0.1, 0.15) is 41.6 Å². The Bertz CT molecular complexity index is 953. The van der Waals surface area contributed by atoms with Gasteiger partial charge in [-0.1, -0.05) is 0 Å². The summed E-state index contributed by atoms with van der Waals surface area (Å²) in [6.45, 7) is 1.81. The maximum atomic E-state index is 12.7. The van der Waals surface area contributed by atoms with Crippen LogP contribution in [0, 0.1) is 0 Å². The molecular formula is C18H20N4O3S. The van der Waals surface area contributed by atoms with E-state index < -0.39 is 10.0 Å². The fourth-order valence-electron chi connectivity index (χ4n) is 3.49. The van der Waals surface area contributed by atoms with Gasteiger partial charge in [-0.2, -0.15) is 0 Å². The Morgan fingerprint density at radius 1 is 1.04 bits per heavy atom. The number of nitrogens with zero attached hydrogens (tertiary/aromatic N) is 3. The van der Waals surface area contributed by atoms with Crippen LogP contribution in [-0.4, -0.2) is 37.3 Å². The van der Waals surface area contributed by atoms with Crippen LogP contribution in [-0.2, 0) is 16.4 Å². The highest BCUT2D eigenvalue weighted by molar-refractivity contribution is 7.92. The summed E-state index contributed by atoms with van der Waals surface area (Å²) in [5.41, 5.74) is 1.42. The van der Waals surface area contributed by atoms with E-state index in [-0.39, 0.29) is 16.5 Å². The van der Waals surface area contributed by atoms with Crippen molar-refractivity contribution < 1.29 is 13.2 Å². The summed E-state index contributed by atoms with van der Waals surface area (Å²) in [6, 6.07) is 4.67. The molecule has 1 aromatic carbocycles. The molecule has 0 unspecified atom stereocenters. The van der Waals surface area contributed by atoms with Crippen molar-refractivity contribution in [1.82, 2.24) is 9.97 Å². The largest absolute Gasteiger partial charge is 0.355 e. The van der Waals surface area contributed by atoms with Crippen LogP contribution in [0.5, 0.6) is 0 Å². The number of fused-ring (bicyclic) bond motifs is 1. The zero-order valence-corrected chi connectivity index (χ0v) is 15.1. The first-order valence-corrected chi connectivity index (χ1v) is 10.3. The van der Waals surface area contributed by atoms with Gasteiger partial charge in [-0.25, -0.2) is 13.4 Å². The molecule has 0 bridgehead atoms. The molecule has 1 aliphatic carbocycles. The number of hydrogen-bond donors (Lipinski definition) is 1. The van der Waals surface area contributed by atoms with Crippen LogP contribution in [0.15, 0.2) is 35.5 Å². The molecule has 0 spiro atoms. The summed E-state index contributed by atoms with van der Waals surface area (Å²) < 4.78 is 28.0. The Hall–Kier alpha value is -2.48. The number of carbonyl (C=O) groups excluding carboxylic acids is 1. The molecule has 2 heterocycles. The molecule has 26 heavy (non-hydrogen) atoms. The summed E-state index contributed by atoms with van der Waals surface area (Å²) in [5, 5.41) is 0. The molecule has 1 fully saturated rings. The topological polar surface area (TPSA) is 92.3 Å². The SMILES string of the molecule is O=C1CCCc2cc(S(=O)(=O)Nc3cncc(N4CCCC4)n3)ccc21. The first-order valence-electron chi connectivity index (χ1n) is 8.79. The second-order valence-corrected chi connectivity index (χ2v) is 8.34. The summed E-state index contributed by atoms with van der Waals surface area (Å²) >= 11 is 0. The smallest absolute Gasteiger partial charge is 0.263 e. The minimum absolute atomic E-state index is 0.0762. The Morgan fingerprint density at radius 3 is 2.65 bits per heavy atom. The number of aromatic nitrogens is 2. The lowest BCUT2D eigenvalue weighted by atomic mass is 9.91. The number of anilines is 2. The summed E-state index contributed by atoms with van der Waals surface area (Å²) in [4.78, 5) is 22.6. The van der Waals surface area contributed by atoms with Gasteiger partial charge < -0.3 is 4.90 Å². The van der Waals surface area contributed by atoms with E-state index in [1.54, 1.807) is 18.3 Å². The van der Waals surface area contributed by atoms with E-state index in [1.165, 1.54) is 12.3 Å². The van der Waals surface area contributed by atoms with Gasteiger partial charge in [0.05, 0.1) is 17.3 Å². The van der Waals surface area contributed by atoms with Crippen LogP contribution in [0.4, 0.5) is 11.6 Å². The van der Waals surface area contributed by atoms with Gasteiger partial charge in [0.2, 0.25) is 0 Å². The molecule has 4 rings (SSSR count). The van der Waals surface area contributed by atoms with Crippen molar-refractivity contribution in [1.29, 1.82) is 0 Å². The van der Waals surface area contributed by atoms with Crippen LogP contribution in [0.2, 0.25) is 0 Å². The molecule has 8 heteroatoms. The van der Waals surface area contributed by atoms with Gasteiger partial charge in [0, 0.05) is 25.1 Å². The molecule has 1 saturated heterocycles. The Labute approximate surface area is 152 Å². The summed E-state index contributed by atoms with van der Waals surface area (Å²) in [5.74, 6) is 0.953. The number of Topliss-reactive ketones (excluding diaryl/α,β-unsaturated/α-hetero) is 1. The highest BCUT2D eigenvalue weighted by Gasteiger charge is 2.22. The molecular weight excluding hydrogens is 352 g/mol. The molecule has 136 valence electrons. The average Bonchev–Trinajstić information content (AvgIpc) is 3.16. The number of aryl methyl sites for hydroxylation is 1. The molecule has 1 N–H and O–H groups in total. The Morgan fingerprint density at radius 2 is 1.85 bits per heavy atom. The lowest BCUT2D eigenvalue weighted by Crippen LogP contribution is -2.21. The van der Waals surface area contributed by atoms with Crippen molar-refractivity contribution in [3.8, 4) is 0 Å². The summed E-state index contributed by atoms with van der Waals surface area (Å²) in [7, 11) is -3.79. The van der Waals surface area contributed by atoms with Crippen LogP contribution in [0.3, 0.4) is 0 Å². The predicted octanol–water partition coefficient (Wildman–Crippen LogP) is 2.40. The van der Waals surface area contributed by atoms with Crippen molar-refractivity contribution in [2.45, 2.75) is 37.0 Å². The van der Waals surface area contributed by atoms with Crippen molar-refractivity contribution in [3.63, 3.8) is 0 Å². The zero-order chi connectivity index (χ0) is 18.1. The molecule has 0 amide bonds. The van der Waals surface area contributed by atoms with Gasteiger partial charge in [-0.15, -0.1) is 0 Å². The minimum atomic E-state index is -3.79. The second-order valence-electron chi connectivity index (χ2n) is 6.66. The molecule has 0 radical (unpaired) electrons. The Kier molecular flexibility index (Phi) is 4.36. The maximum absolute atomic E-state index is 12.7. The third-order valence-electron chi connectivity index (χ3n) is 4.83. The van der Waals surface area contributed by atoms with E-state index in [9.17, 15) is 13.2 Å². The van der Waals surface area contributed by atoms with E-state index in [0.29, 0.717) is 24.2 Å². The fourth-order valence-corrected chi connectivity index (χ4v) is 4.53. The van der Waals surface area contributed by atoms with Gasteiger partial charge in [-0.05, 0) is 49.4 Å². The number of sulfonamides is 1. The van der Waals surface area contributed by atoms with E-state index in [2.05, 4.69) is 19.6 Å². The monoisotopic (exact) mass is 372 g/mol. The van der Waals surface area contributed by atoms with E-state index in [0.717, 1.165) is 37.9 Å². The third-order valence-corrected chi connectivity index (χ3v) is 6.18. The minimum Gasteiger partial charge on any atom is -0.355 e. The van der Waals surface area contributed by atoms with E-state index in [4.69, 9.17) is 0 Å². The van der Waals surface area contributed by atoms with Crippen molar-refractivity contribution >= 4 is 27.4 Å². The van der Waals surface area contributed by atoms with Crippen molar-refractivity contribution in [2.24, 2.45) is 0 Å².